The standard InChI is InChI=1S/C15H20O2/c1-9-6-10(2)11-8-13(17-12(11)7-9)14(16)15(3,4)5/h6-8,14,16H,1-5H3. The van der Waals surface area contributed by atoms with Crippen molar-refractivity contribution in [3.63, 3.8) is 0 Å². The molecule has 1 atom stereocenters. The summed E-state index contributed by atoms with van der Waals surface area (Å²) in [4.78, 5) is 0. The number of rotatable bonds is 1. The van der Waals surface area contributed by atoms with E-state index in [1.54, 1.807) is 0 Å². The van der Waals surface area contributed by atoms with Crippen molar-refractivity contribution in [1.82, 2.24) is 0 Å². The maximum atomic E-state index is 10.2. The molecule has 0 aliphatic carbocycles. The van der Waals surface area contributed by atoms with E-state index in [1.807, 2.05) is 32.9 Å². The second-order valence-corrected chi connectivity index (χ2v) is 5.91. The molecule has 1 N–H and O–H groups in total. The second-order valence-electron chi connectivity index (χ2n) is 5.91. The van der Waals surface area contributed by atoms with Gasteiger partial charge in [0.25, 0.3) is 0 Å². The number of aliphatic hydroxyl groups is 1. The van der Waals surface area contributed by atoms with Gasteiger partial charge < -0.3 is 9.52 Å². The Balaban J connectivity index is 2.56. The van der Waals surface area contributed by atoms with Crippen LogP contribution in [0.3, 0.4) is 0 Å². The molecule has 1 aromatic carbocycles. The maximum Gasteiger partial charge on any atom is 0.134 e. The van der Waals surface area contributed by atoms with Crippen molar-refractivity contribution in [2.24, 2.45) is 5.41 Å². The van der Waals surface area contributed by atoms with E-state index in [2.05, 4.69) is 19.9 Å². The van der Waals surface area contributed by atoms with Gasteiger partial charge in [-0.05, 0) is 42.5 Å². The summed E-state index contributed by atoms with van der Waals surface area (Å²) < 4.78 is 5.77. The predicted octanol–water partition coefficient (Wildman–Crippen LogP) is 4.13. The van der Waals surface area contributed by atoms with E-state index >= 15 is 0 Å². The molecule has 0 radical (unpaired) electrons. The number of aryl methyl sites for hydroxylation is 2. The topological polar surface area (TPSA) is 33.4 Å². The number of benzene rings is 1. The maximum absolute atomic E-state index is 10.2. The summed E-state index contributed by atoms with van der Waals surface area (Å²) in [5.74, 6) is 0.654. The Kier molecular flexibility index (Phi) is 2.78. The van der Waals surface area contributed by atoms with Crippen LogP contribution in [0.4, 0.5) is 0 Å². The lowest BCUT2D eigenvalue weighted by Crippen LogP contribution is -2.16. The molecule has 0 saturated heterocycles. The molecule has 0 amide bonds. The lowest BCUT2D eigenvalue weighted by molar-refractivity contribution is 0.0448. The second kappa shape index (κ2) is 3.88. The van der Waals surface area contributed by atoms with Crippen LogP contribution in [0.5, 0.6) is 0 Å². The first-order valence-electron chi connectivity index (χ1n) is 5.98. The number of hydrogen-bond acceptors (Lipinski definition) is 2. The van der Waals surface area contributed by atoms with Gasteiger partial charge in [-0.2, -0.15) is 0 Å². The van der Waals surface area contributed by atoms with Crippen LogP contribution in [0.15, 0.2) is 22.6 Å². The van der Waals surface area contributed by atoms with Gasteiger partial charge in [0.1, 0.15) is 17.4 Å². The molecule has 0 aliphatic rings. The van der Waals surface area contributed by atoms with Crippen molar-refractivity contribution in [3.05, 3.63) is 35.1 Å². The summed E-state index contributed by atoms with van der Waals surface area (Å²) in [6.07, 6.45) is -0.574. The van der Waals surface area contributed by atoms with E-state index in [0.717, 1.165) is 11.0 Å². The quantitative estimate of drug-likeness (QED) is 0.802. The van der Waals surface area contributed by atoms with E-state index in [-0.39, 0.29) is 5.41 Å². The molecular formula is C15H20O2. The highest BCUT2D eigenvalue weighted by molar-refractivity contribution is 5.82. The molecule has 1 heterocycles. The fourth-order valence-corrected chi connectivity index (χ4v) is 2.07. The third-order valence-electron chi connectivity index (χ3n) is 3.10. The summed E-state index contributed by atoms with van der Waals surface area (Å²) in [6.45, 7) is 10.1. The molecule has 0 bridgehead atoms. The third-order valence-corrected chi connectivity index (χ3v) is 3.10. The minimum Gasteiger partial charge on any atom is -0.458 e. The van der Waals surface area contributed by atoms with Crippen molar-refractivity contribution in [2.75, 3.05) is 0 Å². The molecule has 92 valence electrons. The third kappa shape index (κ3) is 2.22. The average molecular weight is 232 g/mol. The van der Waals surface area contributed by atoms with Crippen LogP contribution < -0.4 is 0 Å². The zero-order chi connectivity index (χ0) is 12.8. The van der Waals surface area contributed by atoms with Crippen molar-refractivity contribution >= 4 is 11.0 Å². The van der Waals surface area contributed by atoms with E-state index < -0.39 is 6.10 Å². The van der Waals surface area contributed by atoms with E-state index in [4.69, 9.17) is 4.42 Å². The van der Waals surface area contributed by atoms with Gasteiger partial charge in [0.05, 0.1) is 0 Å². The summed E-state index contributed by atoms with van der Waals surface area (Å²) in [5, 5.41) is 11.3. The summed E-state index contributed by atoms with van der Waals surface area (Å²) in [6, 6.07) is 6.10. The summed E-state index contributed by atoms with van der Waals surface area (Å²) in [5.41, 5.74) is 3.02. The minimum atomic E-state index is -0.574. The molecule has 0 aliphatic heterocycles. The SMILES string of the molecule is Cc1cc(C)c2cc(C(O)C(C)(C)C)oc2c1. The lowest BCUT2D eigenvalue weighted by Gasteiger charge is -2.23. The fraction of sp³-hybridized carbons (Fsp3) is 0.467. The minimum absolute atomic E-state index is 0.211. The highest BCUT2D eigenvalue weighted by atomic mass is 16.4. The molecule has 2 rings (SSSR count). The zero-order valence-corrected chi connectivity index (χ0v) is 11.2. The predicted molar refractivity (Wildman–Crippen MR) is 70.1 cm³/mol. The Hall–Kier alpha value is -1.28. The Labute approximate surface area is 102 Å². The van der Waals surface area contributed by atoms with E-state index in [1.165, 1.54) is 11.1 Å². The zero-order valence-electron chi connectivity index (χ0n) is 11.2. The molecule has 2 nitrogen and oxygen atoms in total. The highest BCUT2D eigenvalue weighted by Crippen LogP contribution is 2.36. The van der Waals surface area contributed by atoms with Gasteiger partial charge in [-0.1, -0.05) is 26.8 Å². The Morgan fingerprint density at radius 2 is 1.76 bits per heavy atom. The Morgan fingerprint density at radius 1 is 1.12 bits per heavy atom. The summed E-state index contributed by atoms with van der Waals surface area (Å²) in [7, 11) is 0. The van der Waals surface area contributed by atoms with Gasteiger partial charge >= 0.3 is 0 Å². The molecule has 1 aromatic heterocycles. The number of fused-ring (bicyclic) bond motifs is 1. The van der Waals surface area contributed by atoms with Crippen molar-refractivity contribution in [1.29, 1.82) is 0 Å². The van der Waals surface area contributed by atoms with Crippen molar-refractivity contribution < 1.29 is 9.52 Å². The first-order valence-corrected chi connectivity index (χ1v) is 5.98. The molecule has 2 heteroatoms. The van der Waals surface area contributed by atoms with E-state index in [9.17, 15) is 5.11 Å². The molecule has 0 saturated carbocycles. The van der Waals surface area contributed by atoms with Crippen LogP contribution in [0.2, 0.25) is 0 Å². The first-order chi connectivity index (χ1) is 7.79. The summed E-state index contributed by atoms with van der Waals surface area (Å²) >= 11 is 0. The Morgan fingerprint density at radius 3 is 2.35 bits per heavy atom. The van der Waals surface area contributed by atoms with Gasteiger partial charge in [0.2, 0.25) is 0 Å². The number of aliphatic hydroxyl groups excluding tert-OH is 1. The Bertz CT molecular complexity index is 544. The molecule has 2 aromatic rings. The molecular weight excluding hydrogens is 212 g/mol. The van der Waals surface area contributed by atoms with Gasteiger partial charge in [0, 0.05) is 5.39 Å². The smallest absolute Gasteiger partial charge is 0.134 e. The number of furan rings is 1. The van der Waals surface area contributed by atoms with Crippen molar-refractivity contribution in [2.45, 2.75) is 40.7 Å². The highest BCUT2D eigenvalue weighted by Gasteiger charge is 2.27. The van der Waals surface area contributed by atoms with Crippen LogP contribution in [0, 0.1) is 19.3 Å². The van der Waals surface area contributed by atoms with Crippen LogP contribution in [-0.2, 0) is 0 Å². The van der Waals surface area contributed by atoms with Gasteiger partial charge in [-0.3, -0.25) is 0 Å². The van der Waals surface area contributed by atoms with Crippen LogP contribution in [0.1, 0.15) is 43.8 Å². The van der Waals surface area contributed by atoms with E-state index in [0.29, 0.717) is 5.76 Å². The normalized spacial score (nSPS) is 14.2. The lowest BCUT2D eigenvalue weighted by atomic mass is 9.87. The van der Waals surface area contributed by atoms with Crippen LogP contribution >= 0.6 is 0 Å². The van der Waals surface area contributed by atoms with Crippen LogP contribution in [0.25, 0.3) is 11.0 Å². The van der Waals surface area contributed by atoms with Gasteiger partial charge in [-0.15, -0.1) is 0 Å². The first kappa shape index (κ1) is 12.2. The van der Waals surface area contributed by atoms with Crippen LogP contribution in [-0.4, -0.2) is 5.11 Å². The molecule has 17 heavy (non-hydrogen) atoms. The fourth-order valence-electron chi connectivity index (χ4n) is 2.07. The van der Waals surface area contributed by atoms with Crippen molar-refractivity contribution in [3.8, 4) is 0 Å². The monoisotopic (exact) mass is 232 g/mol. The average Bonchev–Trinajstić information content (AvgIpc) is 2.58. The number of hydrogen-bond donors (Lipinski definition) is 1. The van der Waals surface area contributed by atoms with Gasteiger partial charge in [-0.25, -0.2) is 0 Å². The largest absolute Gasteiger partial charge is 0.458 e. The molecule has 0 spiro atoms. The van der Waals surface area contributed by atoms with Gasteiger partial charge in [0.15, 0.2) is 0 Å². The molecule has 1 unspecified atom stereocenters. The molecule has 0 fully saturated rings.